The lowest BCUT2D eigenvalue weighted by Gasteiger charge is -2.12. The predicted molar refractivity (Wildman–Crippen MR) is 58.8 cm³/mol. The lowest BCUT2D eigenvalue weighted by molar-refractivity contribution is 0.218. The van der Waals surface area contributed by atoms with Crippen molar-refractivity contribution in [2.45, 2.75) is 0 Å². The lowest BCUT2D eigenvalue weighted by Crippen LogP contribution is -2.37. The third kappa shape index (κ3) is 3.49. The van der Waals surface area contributed by atoms with Gasteiger partial charge in [-0.05, 0) is 0 Å². The van der Waals surface area contributed by atoms with E-state index in [4.69, 9.17) is 0 Å². The molecule has 0 atom stereocenters. The van der Waals surface area contributed by atoms with E-state index in [2.05, 4.69) is 15.6 Å². The van der Waals surface area contributed by atoms with Crippen LogP contribution >= 0.6 is 0 Å². The van der Waals surface area contributed by atoms with Crippen LogP contribution in [0.25, 0.3) is 0 Å². The van der Waals surface area contributed by atoms with Crippen LogP contribution in [0.5, 0.6) is 0 Å². The number of urea groups is 1. The smallest absolute Gasteiger partial charge is 0.316 e. The number of anilines is 1. The minimum Gasteiger partial charge on any atom is -0.354 e. The number of rotatable bonds is 4. The SMILES string of the molecule is CN(C)C(=O)NCCNc1nccn1C. The van der Waals surface area contributed by atoms with Crippen LogP contribution in [-0.2, 0) is 7.05 Å². The zero-order valence-corrected chi connectivity index (χ0v) is 9.32. The van der Waals surface area contributed by atoms with Gasteiger partial charge in [-0.3, -0.25) is 0 Å². The molecule has 0 fully saturated rings. The topological polar surface area (TPSA) is 62.2 Å². The van der Waals surface area contributed by atoms with Gasteiger partial charge in [0.25, 0.3) is 0 Å². The monoisotopic (exact) mass is 211 g/mol. The predicted octanol–water partition coefficient (Wildman–Crippen LogP) is 0.103. The van der Waals surface area contributed by atoms with Gasteiger partial charge in [0, 0.05) is 46.6 Å². The minimum absolute atomic E-state index is 0.0864. The first-order chi connectivity index (χ1) is 7.11. The van der Waals surface area contributed by atoms with Gasteiger partial charge < -0.3 is 20.1 Å². The van der Waals surface area contributed by atoms with E-state index in [1.165, 1.54) is 4.90 Å². The Morgan fingerprint density at radius 2 is 2.27 bits per heavy atom. The quantitative estimate of drug-likeness (QED) is 0.694. The number of carbonyl (C=O) groups is 1. The number of aromatic nitrogens is 2. The van der Waals surface area contributed by atoms with Crippen molar-refractivity contribution in [2.24, 2.45) is 7.05 Å². The fourth-order valence-corrected chi connectivity index (χ4v) is 1.04. The van der Waals surface area contributed by atoms with Crippen LogP contribution in [0.15, 0.2) is 12.4 Å². The summed E-state index contributed by atoms with van der Waals surface area (Å²) in [5.74, 6) is 0.800. The average Bonchev–Trinajstić information content (AvgIpc) is 2.58. The second kappa shape index (κ2) is 5.23. The molecule has 2 N–H and O–H groups in total. The van der Waals surface area contributed by atoms with Gasteiger partial charge in [0.2, 0.25) is 5.95 Å². The first kappa shape index (κ1) is 11.4. The Bertz CT molecular complexity index is 320. The van der Waals surface area contributed by atoms with Crippen LogP contribution in [0.4, 0.5) is 10.7 Å². The molecule has 1 aromatic heterocycles. The third-order valence-electron chi connectivity index (χ3n) is 1.91. The highest BCUT2D eigenvalue weighted by atomic mass is 16.2. The fraction of sp³-hybridized carbons (Fsp3) is 0.556. The van der Waals surface area contributed by atoms with E-state index >= 15 is 0 Å². The summed E-state index contributed by atoms with van der Waals surface area (Å²) in [6.45, 7) is 1.23. The second-order valence-corrected chi connectivity index (χ2v) is 3.41. The molecule has 84 valence electrons. The summed E-state index contributed by atoms with van der Waals surface area (Å²) in [5, 5.41) is 5.86. The molecule has 6 heteroatoms. The van der Waals surface area contributed by atoms with Crippen molar-refractivity contribution >= 4 is 12.0 Å². The molecule has 0 spiro atoms. The van der Waals surface area contributed by atoms with Crippen molar-refractivity contribution in [1.82, 2.24) is 19.8 Å². The maximum Gasteiger partial charge on any atom is 0.316 e. The van der Waals surface area contributed by atoms with Gasteiger partial charge in [-0.15, -0.1) is 0 Å². The van der Waals surface area contributed by atoms with Crippen molar-refractivity contribution in [3.05, 3.63) is 12.4 Å². The number of amides is 2. The van der Waals surface area contributed by atoms with Crippen LogP contribution < -0.4 is 10.6 Å². The Morgan fingerprint density at radius 1 is 1.53 bits per heavy atom. The summed E-state index contributed by atoms with van der Waals surface area (Å²) >= 11 is 0. The summed E-state index contributed by atoms with van der Waals surface area (Å²) in [7, 11) is 5.33. The van der Waals surface area contributed by atoms with Gasteiger partial charge in [0.15, 0.2) is 0 Å². The van der Waals surface area contributed by atoms with Gasteiger partial charge in [0.05, 0.1) is 0 Å². The molecule has 15 heavy (non-hydrogen) atoms. The zero-order chi connectivity index (χ0) is 11.3. The van der Waals surface area contributed by atoms with Crippen LogP contribution in [0.3, 0.4) is 0 Å². The van der Waals surface area contributed by atoms with Crippen molar-refractivity contribution in [2.75, 3.05) is 32.5 Å². The summed E-state index contributed by atoms with van der Waals surface area (Å²) < 4.78 is 1.88. The molecular formula is C9H17N5O. The Labute approximate surface area is 89.3 Å². The first-order valence-corrected chi connectivity index (χ1v) is 4.77. The number of hydrogen-bond acceptors (Lipinski definition) is 3. The summed E-state index contributed by atoms with van der Waals surface area (Å²) in [6.07, 6.45) is 3.58. The van der Waals surface area contributed by atoms with E-state index in [1.807, 2.05) is 17.8 Å². The van der Waals surface area contributed by atoms with Crippen LogP contribution in [0, 0.1) is 0 Å². The van der Waals surface area contributed by atoms with E-state index < -0.39 is 0 Å². The van der Waals surface area contributed by atoms with Crippen molar-refractivity contribution < 1.29 is 4.79 Å². The first-order valence-electron chi connectivity index (χ1n) is 4.77. The number of nitrogens with one attached hydrogen (secondary N) is 2. The fourth-order valence-electron chi connectivity index (χ4n) is 1.04. The molecule has 0 aliphatic rings. The molecule has 1 aromatic rings. The number of imidazole rings is 1. The maximum atomic E-state index is 11.1. The van der Waals surface area contributed by atoms with Crippen molar-refractivity contribution in [3.8, 4) is 0 Å². The second-order valence-electron chi connectivity index (χ2n) is 3.41. The summed E-state index contributed by atoms with van der Waals surface area (Å²) in [5.41, 5.74) is 0. The standard InChI is InChI=1S/C9H17N5O/c1-13(2)9(15)12-5-4-10-8-11-6-7-14(8)3/h6-7H,4-5H2,1-3H3,(H,10,11)(H,12,15). The summed E-state index contributed by atoms with van der Waals surface area (Å²) in [4.78, 5) is 16.7. The van der Waals surface area contributed by atoms with E-state index in [0.29, 0.717) is 13.1 Å². The molecule has 0 aliphatic carbocycles. The molecule has 1 heterocycles. The highest BCUT2D eigenvalue weighted by Crippen LogP contribution is 1.98. The molecule has 1 rings (SSSR count). The molecular weight excluding hydrogens is 194 g/mol. The van der Waals surface area contributed by atoms with Gasteiger partial charge in [0.1, 0.15) is 0 Å². The molecule has 0 aliphatic heterocycles. The largest absolute Gasteiger partial charge is 0.354 e. The van der Waals surface area contributed by atoms with Gasteiger partial charge in [-0.2, -0.15) is 0 Å². The zero-order valence-electron chi connectivity index (χ0n) is 9.32. The molecule has 0 aromatic carbocycles. The molecule has 0 unspecified atom stereocenters. The Hall–Kier alpha value is -1.72. The highest BCUT2D eigenvalue weighted by molar-refractivity contribution is 5.73. The number of nitrogens with zero attached hydrogens (tertiary/aromatic N) is 3. The molecule has 0 bridgehead atoms. The van der Waals surface area contributed by atoms with Gasteiger partial charge in [-0.25, -0.2) is 9.78 Å². The van der Waals surface area contributed by atoms with Crippen molar-refractivity contribution in [1.29, 1.82) is 0 Å². The normalized spacial score (nSPS) is 9.80. The number of carbonyl (C=O) groups excluding carboxylic acids is 1. The van der Waals surface area contributed by atoms with Crippen LogP contribution in [-0.4, -0.2) is 47.7 Å². The molecule has 0 saturated carbocycles. The number of aryl methyl sites for hydroxylation is 1. The Morgan fingerprint density at radius 3 is 2.80 bits per heavy atom. The van der Waals surface area contributed by atoms with E-state index in [1.54, 1.807) is 20.3 Å². The van der Waals surface area contributed by atoms with Gasteiger partial charge in [-0.1, -0.05) is 0 Å². The van der Waals surface area contributed by atoms with Crippen molar-refractivity contribution in [3.63, 3.8) is 0 Å². The number of hydrogen-bond donors (Lipinski definition) is 2. The van der Waals surface area contributed by atoms with Crippen LogP contribution in [0.2, 0.25) is 0 Å². The molecule has 0 radical (unpaired) electrons. The van der Waals surface area contributed by atoms with E-state index in [-0.39, 0.29) is 6.03 Å². The van der Waals surface area contributed by atoms with Crippen LogP contribution in [0.1, 0.15) is 0 Å². The summed E-state index contributed by atoms with van der Waals surface area (Å²) in [6, 6.07) is -0.0864. The third-order valence-corrected chi connectivity index (χ3v) is 1.91. The van der Waals surface area contributed by atoms with Gasteiger partial charge >= 0.3 is 6.03 Å². The van der Waals surface area contributed by atoms with E-state index in [0.717, 1.165) is 5.95 Å². The maximum absolute atomic E-state index is 11.1. The Balaban J connectivity index is 2.18. The average molecular weight is 211 g/mol. The molecule has 2 amide bonds. The highest BCUT2D eigenvalue weighted by Gasteiger charge is 2.01. The van der Waals surface area contributed by atoms with E-state index in [9.17, 15) is 4.79 Å². The molecule has 0 saturated heterocycles. The lowest BCUT2D eigenvalue weighted by atomic mass is 10.6. The molecule has 6 nitrogen and oxygen atoms in total. The Kier molecular flexibility index (Phi) is 3.96. The minimum atomic E-state index is -0.0864.